The van der Waals surface area contributed by atoms with Gasteiger partial charge < -0.3 is 10.1 Å². The van der Waals surface area contributed by atoms with Gasteiger partial charge in [0.2, 0.25) is 5.88 Å². The van der Waals surface area contributed by atoms with Crippen LogP contribution in [-0.4, -0.2) is 18.6 Å². The molecular formula is C11H16N2O. The van der Waals surface area contributed by atoms with Crippen molar-refractivity contribution in [2.45, 2.75) is 19.3 Å². The van der Waals surface area contributed by atoms with E-state index in [1.54, 1.807) is 7.11 Å². The fraction of sp³-hybridized carbons (Fsp3) is 0.545. The van der Waals surface area contributed by atoms with Gasteiger partial charge in [0, 0.05) is 12.6 Å². The molecule has 1 aromatic heterocycles. The standard InChI is InChI=1S/C11H16N2O/c1-14-11-5-4-10(8-13-11)12-7-6-9-2-3-9/h4-5,8-9,12H,2-3,6-7H2,1H3. The second-order valence-corrected chi connectivity index (χ2v) is 3.75. The van der Waals surface area contributed by atoms with E-state index in [4.69, 9.17) is 4.74 Å². The Morgan fingerprint density at radius 1 is 1.50 bits per heavy atom. The summed E-state index contributed by atoms with van der Waals surface area (Å²) in [5, 5.41) is 3.35. The maximum Gasteiger partial charge on any atom is 0.213 e. The highest BCUT2D eigenvalue weighted by Gasteiger charge is 2.19. The molecule has 0 amide bonds. The van der Waals surface area contributed by atoms with E-state index < -0.39 is 0 Å². The zero-order valence-electron chi connectivity index (χ0n) is 8.49. The second kappa shape index (κ2) is 4.31. The molecule has 0 radical (unpaired) electrons. The lowest BCUT2D eigenvalue weighted by Crippen LogP contribution is -2.02. The Balaban J connectivity index is 1.77. The zero-order chi connectivity index (χ0) is 9.80. The molecule has 14 heavy (non-hydrogen) atoms. The number of nitrogens with one attached hydrogen (secondary N) is 1. The quantitative estimate of drug-likeness (QED) is 0.777. The molecule has 0 bridgehead atoms. The van der Waals surface area contributed by atoms with E-state index in [0.29, 0.717) is 5.88 Å². The number of aromatic nitrogens is 1. The van der Waals surface area contributed by atoms with Crippen molar-refractivity contribution in [1.82, 2.24) is 4.98 Å². The number of hydrogen-bond donors (Lipinski definition) is 1. The van der Waals surface area contributed by atoms with Gasteiger partial charge in [0.1, 0.15) is 0 Å². The molecule has 1 heterocycles. The van der Waals surface area contributed by atoms with Crippen LogP contribution in [-0.2, 0) is 0 Å². The average molecular weight is 192 g/mol. The summed E-state index contributed by atoms with van der Waals surface area (Å²) in [7, 11) is 1.63. The molecular weight excluding hydrogens is 176 g/mol. The normalized spacial score (nSPS) is 15.2. The number of pyridine rings is 1. The summed E-state index contributed by atoms with van der Waals surface area (Å²) >= 11 is 0. The molecule has 0 atom stereocenters. The maximum atomic E-state index is 4.98. The minimum Gasteiger partial charge on any atom is -0.481 e. The third kappa shape index (κ3) is 2.62. The van der Waals surface area contributed by atoms with Gasteiger partial charge >= 0.3 is 0 Å². The number of ether oxygens (including phenoxy) is 1. The van der Waals surface area contributed by atoms with Crippen LogP contribution in [0.1, 0.15) is 19.3 Å². The van der Waals surface area contributed by atoms with E-state index in [1.165, 1.54) is 19.3 Å². The van der Waals surface area contributed by atoms with Crippen LogP contribution in [0.15, 0.2) is 18.3 Å². The van der Waals surface area contributed by atoms with Crippen molar-refractivity contribution in [3.8, 4) is 5.88 Å². The van der Waals surface area contributed by atoms with E-state index in [1.807, 2.05) is 18.3 Å². The molecule has 1 N–H and O–H groups in total. The molecule has 2 rings (SSSR count). The first-order chi connectivity index (χ1) is 6.88. The van der Waals surface area contributed by atoms with Crippen LogP contribution < -0.4 is 10.1 Å². The number of anilines is 1. The molecule has 3 heteroatoms. The monoisotopic (exact) mass is 192 g/mol. The van der Waals surface area contributed by atoms with Crippen molar-refractivity contribution < 1.29 is 4.74 Å². The molecule has 0 spiro atoms. The van der Waals surface area contributed by atoms with Gasteiger partial charge in [-0.2, -0.15) is 0 Å². The van der Waals surface area contributed by atoms with Gasteiger partial charge in [-0.1, -0.05) is 12.8 Å². The summed E-state index contributed by atoms with van der Waals surface area (Å²) < 4.78 is 4.98. The largest absolute Gasteiger partial charge is 0.481 e. The SMILES string of the molecule is COc1ccc(NCCC2CC2)cn1. The Morgan fingerprint density at radius 2 is 2.36 bits per heavy atom. The predicted octanol–water partition coefficient (Wildman–Crippen LogP) is 2.30. The van der Waals surface area contributed by atoms with Gasteiger partial charge in [0.25, 0.3) is 0 Å². The third-order valence-corrected chi connectivity index (χ3v) is 2.52. The predicted molar refractivity (Wildman–Crippen MR) is 56.6 cm³/mol. The minimum atomic E-state index is 0.665. The number of nitrogens with zero attached hydrogens (tertiary/aromatic N) is 1. The molecule has 3 nitrogen and oxygen atoms in total. The lowest BCUT2D eigenvalue weighted by Gasteiger charge is -2.05. The fourth-order valence-corrected chi connectivity index (χ4v) is 1.43. The highest BCUT2D eigenvalue weighted by Crippen LogP contribution is 2.32. The topological polar surface area (TPSA) is 34.1 Å². The van der Waals surface area contributed by atoms with E-state index in [9.17, 15) is 0 Å². The van der Waals surface area contributed by atoms with Crippen molar-refractivity contribution in [1.29, 1.82) is 0 Å². The molecule has 0 unspecified atom stereocenters. The van der Waals surface area contributed by atoms with Crippen LogP contribution in [0.2, 0.25) is 0 Å². The van der Waals surface area contributed by atoms with Crippen LogP contribution in [0.25, 0.3) is 0 Å². The molecule has 1 aliphatic carbocycles. The number of rotatable bonds is 5. The highest BCUT2D eigenvalue weighted by molar-refractivity contribution is 5.41. The maximum absolute atomic E-state index is 4.98. The molecule has 1 fully saturated rings. The van der Waals surface area contributed by atoms with Crippen molar-refractivity contribution in [3.05, 3.63) is 18.3 Å². The lowest BCUT2D eigenvalue weighted by atomic mass is 10.3. The summed E-state index contributed by atoms with van der Waals surface area (Å²) in [6.45, 7) is 1.05. The lowest BCUT2D eigenvalue weighted by molar-refractivity contribution is 0.398. The van der Waals surface area contributed by atoms with Gasteiger partial charge in [-0.05, 0) is 18.4 Å². The zero-order valence-corrected chi connectivity index (χ0v) is 8.49. The Bertz CT molecular complexity index is 280. The molecule has 0 aromatic carbocycles. The van der Waals surface area contributed by atoms with Crippen LogP contribution >= 0.6 is 0 Å². The van der Waals surface area contributed by atoms with Crippen molar-refractivity contribution in [2.75, 3.05) is 19.0 Å². The number of methoxy groups -OCH3 is 1. The Morgan fingerprint density at radius 3 is 2.93 bits per heavy atom. The van der Waals surface area contributed by atoms with Gasteiger partial charge in [-0.25, -0.2) is 4.98 Å². The Hall–Kier alpha value is -1.25. The Kier molecular flexibility index (Phi) is 2.87. The first-order valence-corrected chi connectivity index (χ1v) is 5.12. The van der Waals surface area contributed by atoms with Crippen molar-refractivity contribution >= 4 is 5.69 Å². The highest BCUT2D eigenvalue weighted by atomic mass is 16.5. The van der Waals surface area contributed by atoms with Crippen LogP contribution in [0.5, 0.6) is 5.88 Å². The van der Waals surface area contributed by atoms with Crippen molar-refractivity contribution in [3.63, 3.8) is 0 Å². The summed E-state index contributed by atoms with van der Waals surface area (Å²) in [5.74, 6) is 1.64. The van der Waals surface area contributed by atoms with Crippen molar-refractivity contribution in [2.24, 2.45) is 5.92 Å². The molecule has 76 valence electrons. The van der Waals surface area contributed by atoms with Crippen LogP contribution in [0, 0.1) is 5.92 Å². The summed E-state index contributed by atoms with van der Waals surface area (Å²) in [4.78, 5) is 4.13. The van der Waals surface area contributed by atoms with E-state index >= 15 is 0 Å². The van der Waals surface area contributed by atoms with E-state index in [-0.39, 0.29) is 0 Å². The van der Waals surface area contributed by atoms with Gasteiger partial charge in [0.15, 0.2) is 0 Å². The van der Waals surface area contributed by atoms with Gasteiger partial charge in [-0.15, -0.1) is 0 Å². The second-order valence-electron chi connectivity index (χ2n) is 3.75. The molecule has 1 aliphatic rings. The molecule has 1 aromatic rings. The third-order valence-electron chi connectivity index (χ3n) is 2.52. The summed E-state index contributed by atoms with van der Waals surface area (Å²) in [6, 6.07) is 3.87. The molecule has 0 saturated heterocycles. The first-order valence-electron chi connectivity index (χ1n) is 5.12. The van der Waals surface area contributed by atoms with E-state index in [0.717, 1.165) is 18.2 Å². The summed E-state index contributed by atoms with van der Waals surface area (Å²) in [6.07, 6.45) is 5.93. The van der Waals surface area contributed by atoms with Gasteiger partial charge in [-0.3, -0.25) is 0 Å². The Labute approximate surface area is 84.5 Å². The fourth-order valence-electron chi connectivity index (χ4n) is 1.43. The van der Waals surface area contributed by atoms with Crippen LogP contribution in [0.3, 0.4) is 0 Å². The van der Waals surface area contributed by atoms with Crippen LogP contribution in [0.4, 0.5) is 5.69 Å². The molecule has 1 saturated carbocycles. The summed E-state index contributed by atoms with van der Waals surface area (Å²) in [5.41, 5.74) is 1.08. The van der Waals surface area contributed by atoms with Gasteiger partial charge in [0.05, 0.1) is 19.0 Å². The average Bonchev–Trinajstić information content (AvgIpc) is 3.03. The molecule has 0 aliphatic heterocycles. The van der Waals surface area contributed by atoms with E-state index in [2.05, 4.69) is 10.3 Å². The minimum absolute atomic E-state index is 0.665. The first kappa shape index (κ1) is 9.31. The smallest absolute Gasteiger partial charge is 0.213 e. The number of hydrogen-bond acceptors (Lipinski definition) is 3.